The molecule has 0 saturated carbocycles. The van der Waals surface area contributed by atoms with Crippen molar-refractivity contribution in [1.29, 1.82) is 0 Å². The second kappa shape index (κ2) is 15.4. The summed E-state index contributed by atoms with van der Waals surface area (Å²) in [5.74, 6) is -3.98. The number of ketones is 1. The molecule has 0 aliphatic carbocycles. The topological polar surface area (TPSA) is 122 Å². The summed E-state index contributed by atoms with van der Waals surface area (Å²) in [5, 5.41) is 5.69. The van der Waals surface area contributed by atoms with Crippen LogP contribution < -0.4 is 10.6 Å². The van der Waals surface area contributed by atoms with Gasteiger partial charge in [0.15, 0.2) is 0 Å². The summed E-state index contributed by atoms with van der Waals surface area (Å²) in [6, 6.07) is 17.8. The zero-order chi connectivity index (χ0) is 29.9. The number of hydrogen-bond donors (Lipinski definition) is 2. The van der Waals surface area contributed by atoms with E-state index in [1.54, 1.807) is 38.1 Å². The maximum atomic E-state index is 13.6. The van der Waals surface area contributed by atoms with Crippen molar-refractivity contribution in [2.45, 2.75) is 65.3 Å². The summed E-state index contributed by atoms with van der Waals surface area (Å²) in [6.07, 6.45) is -0.402. The largest absolute Gasteiger partial charge is 0.457 e. The molecule has 1 fully saturated rings. The van der Waals surface area contributed by atoms with Crippen molar-refractivity contribution in [3.8, 4) is 0 Å². The normalized spacial score (nSPS) is 16.2. The monoisotopic (exact) mass is 581 g/mol. The number of benzene rings is 2. The van der Waals surface area contributed by atoms with E-state index in [1.165, 1.54) is 16.7 Å². The summed E-state index contributed by atoms with van der Waals surface area (Å²) in [5.41, 5.74) is 1.75. The molecular formula is C31H39N3O6S. The number of hydrogen-bond acceptors (Lipinski definition) is 7. The number of carbonyl (C=O) groups is 5. The molecule has 9 nitrogen and oxygen atoms in total. The van der Waals surface area contributed by atoms with E-state index in [-0.39, 0.29) is 30.6 Å². The van der Waals surface area contributed by atoms with Crippen molar-refractivity contribution in [3.05, 3.63) is 71.8 Å². The average molecular weight is 582 g/mol. The average Bonchev–Trinajstić information content (AvgIpc) is 3.41. The van der Waals surface area contributed by atoms with E-state index in [0.29, 0.717) is 23.6 Å². The lowest BCUT2D eigenvalue weighted by atomic mass is 9.94. The molecule has 3 atom stereocenters. The van der Waals surface area contributed by atoms with Gasteiger partial charge in [-0.3, -0.25) is 19.2 Å². The van der Waals surface area contributed by atoms with Gasteiger partial charge in [0.2, 0.25) is 17.7 Å². The number of thioether (sulfide) groups is 1. The fourth-order valence-electron chi connectivity index (χ4n) is 4.45. The fraction of sp³-hybridized carbons (Fsp3) is 0.452. The van der Waals surface area contributed by atoms with Gasteiger partial charge in [-0.2, -0.15) is 0 Å². The Morgan fingerprint density at radius 2 is 1.54 bits per heavy atom. The van der Waals surface area contributed by atoms with Crippen molar-refractivity contribution in [3.63, 3.8) is 0 Å². The minimum atomic E-state index is -1.32. The molecule has 2 N–H and O–H groups in total. The van der Waals surface area contributed by atoms with Gasteiger partial charge in [0.05, 0.1) is 12.0 Å². The minimum absolute atomic E-state index is 0.0125. The van der Waals surface area contributed by atoms with Crippen LogP contribution in [0.5, 0.6) is 0 Å². The molecule has 220 valence electrons. The smallest absolute Gasteiger partial charge is 0.375 e. The second-order valence-electron chi connectivity index (χ2n) is 10.7. The van der Waals surface area contributed by atoms with Crippen LogP contribution in [0.1, 0.15) is 45.2 Å². The number of rotatable bonds is 13. The third-order valence-electron chi connectivity index (χ3n) is 6.67. The number of carbonyl (C=O) groups excluding carboxylic acids is 5. The number of Topliss-reactive ketones (excluding diaryl/α,β-unsaturated/α-hetero) is 1. The maximum Gasteiger partial charge on any atom is 0.375 e. The van der Waals surface area contributed by atoms with Crippen LogP contribution in [0.3, 0.4) is 0 Å². The van der Waals surface area contributed by atoms with Crippen LogP contribution in [0.4, 0.5) is 0 Å². The lowest BCUT2D eigenvalue weighted by Crippen LogP contribution is -2.57. The molecule has 1 aliphatic rings. The van der Waals surface area contributed by atoms with Crippen molar-refractivity contribution >= 4 is 41.2 Å². The van der Waals surface area contributed by atoms with Gasteiger partial charge in [0.1, 0.15) is 18.1 Å². The molecule has 0 aromatic heterocycles. The van der Waals surface area contributed by atoms with Crippen LogP contribution in [0, 0.1) is 11.8 Å². The number of nitrogens with one attached hydrogen (secondary N) is 2. The van der Waals surface area contributed by atoms with Crippen LogP contribution in [0.2, 0.25) is 0 Å². The molecule has 0 unspecified atom stereocenters. The first kappa shape index (κ1) is 31.9. The standard InChI is InChI=1S/C31H39N3O6S/c1-20(2)27(33-26(35)16-15-22-11-7-5-8-12-22)30(38)34-19-41-18-25(34)32-29(37)24(17-23-13-9-6-10-14-23)28(36)31(39)40-21(3)4/h5-14,20-21,24-25,27H,15-19H2,1-4H3,(H,32,37)(H,33,35)/t24-,25+,27-/m0/s1. The van der Waals surface area contributed by atoms with Gasteiger partial charge in [-0.05, 0) is 43.7 Å². The van der Waals surface area contributed by atoms with E-state index in [1.807, 2.05) is 50.2 Å². The highest BCUT2D eigenvalue weighted by Crippen LogP contribution is 2.23. The minimum Gasteiger partial charge on any atom is -0.457 e. The first-order valence-electron chi connectivity index (χ1n) is 13.9. The second-order valence-corrected chi connectivity index (χ2v) is 11.7. The van der Waals surface area contributed by atoms with E-state index in [9.17, 15) is 24.0 Å². The Labute approximate surface area is 245 Å². The molecule has 3 rings (SSSR count). The van der Waals surface area contributed by atoms with Crippen molar-refractivity contribution < 1.29 is 28.7 Å². The summed E-state index contributed by atoms with van der Waals surface area (Å²) < 4.78 is 5.08. The Kier molecular flexibility index (Phi) is 11.9. The van der Waals surface area contributed by atoms with E-state index in [4.69, 9.17) is 4.74 Å². The zero-order valence-corrected chi connectivity index (χ0v) is 24.8. The van der Waals surface area contributed by atoms with E-state index in [2.05, 4.69) is 10.6 Å². The summed E-state index contributed by atoms with van der Waals surface area (Å²) in [7, 11) is 0. The lowest BCUT2D eigenvalue weighted by Gasteiger charge is -2.31. The predicted octanol–water partition coefficient (Wildman–Crippen LogP) is 3.11. The lowest BCUT2D eigenvalue weighted by molar-refractivity contribution is -0.160. The van der Waals surface area contributed by atoms with Crippen LogP contribution in [0.15, 0.2) is 60.7 Å². The predicted molar refractivity (Wildman–Crippen MR) is 158 cm³/mol. The van der Waals surface area contributed by atoms with Crippen molar-refractivity contribution in [2.75, 3.05) is 11.6 Å². The van der Waals surface area contributed by atoms with E-state index in [0.717, 1.165) is 5.56 Å². The molecule has 3 amide bonds. The van der Waals surface area contributed by atoms with Gasteiger partial charge >= 0.3 is 5.97 Å². The van der Waals surface area contributed by atoms with Crippen LogP contribution in [-0.2, 0) is 41.6 Å². The van der Waals surface area contributed by atoms with Gasteiger partial charge in [-0.25, -0.2) is 4.79 Å². The highest BCUT2D eigenvalue weighted by Gasteiger charge is 2.39. The first-order chi connectivity index (χ1) is 19.6. The summed E-state index contributed by atoms with van der Waals surface area (Å²) in [6.45, 7) is 6.96. The Morgan fingerprint density at radius 3 is 2.12 bits per heavy atom. The number of nitrogens with zero attached hydrogens (tertiary/aromatic N) is 1. The molecular weight excluding hydrogens is 542 g/mol. The molecule has 1 heterocycles. The molecule has 0 spiro atoms. The van der Waals surface area contributed by atoms with Gasteiger partial charge in [-0.1, -0.05) is 74.5 Å². The fourth-order valence-corrected chi connectivity index (χ4v) is 5.55. The molecule has 1 saturated heterocycles. The number of aryl methyl sites for hydroxylation is 1. The van der Waals surface area contributed by atoms with Gasteiger partial charge in [0.25, 0.3) is 5.78 Å². The molecule has 0 radical (unpaired) electrons. The van der Waals surface area contributed by atoms with Crippen LogP contribution in [0.25, 0.3) is 0 Å². The molecule has 10 heteroatoms. The Bertz CT molecular complexity index is 1200. The molecule has 1 aliphatic heterocycles. The Morgan fingerprint density at radius 1 is 0.927 bits per heavy atom. The third-order valence-corrected chi connectivity index (χ3v) is 7.68. The Hall–Kier alpha value is -3.66. The number of ether oxygens (including phenoxy) is 1. The highest BCUT2D eigenvalue weighted by atomic mass is 32.2. The van der Waals surface area contributed by atoms with Gasteiger partial charge in [-0.15, -0.1) is 11.8 Å². The number of esters is 1. The van der Waals surface area contributed by atoms with Crippen LogP contribution in [-0.4, -0.2) is 64.3 Å². The van der Waals surface area contributed by atoms with E-state index < -0.39 is 41.9 Å². The zero-order valence-electron chi connectivity index (χ0n) is 24.0. The SMILES string of the molecule is CC(C)OC(=O)C(=O)[C@H](Cc1ccccc1)C(=O)N[C@H]1CSCN1C(=O)[C@@H](NC(=O)CCc1ccccc1)C(C)C. The molecule has 2 aromatic carbocycles. The van der Waals surface area contributed by atoms with E-state index >= 15 is 0 Å². The van der Waals surface area contributed by atoms with Gasteiger partial charge in [0, 0.05) is 12.2 Å². The van der Waals surface area contributed by atoms with Crippen molar-refractivity contribution in [2.24, 2.45) is 11.8 Å². The van der Waals surface area contributed by atoms with Gasteiger partial charge < -0.3 is 20.3 Å². The maximum absolute atomic E-state index is 13.6. The quantitative estimate of drug-likeness (QED) is 0.212. The molecule has 2 aromatic rings. The highest BCUT2D eigenvalue weighted by molar-refractivity contribution is 7.99. The molecule has 0 bridgehead atoms. The summed E-state index contributed by atoms with van der Waals surface area (Å²) in [4.78, 5) is 66.8. The first-order valence-corrected chi connectivity index (χ1v) is 15.0. The molecule has 41 heavy (non-hydrogen) atoms. The summed E-state index contributed by atoms with van der Waals surface area (Å²) >= 11 is 1.46. The van der Waals surface area contributed by atoms with Crippen molar-refractivity contribution in [1.82, 2.24) is 15.5 Å². The van der Waals surface area contributed by atoms with Crippen LogP contribution >= 0.6 is 11.8 Å². The third kappa shape index (κ3) is 9.45. The Balaban J connectivity index is 1.69. The number of amides is 3.